The van der Waals surface area contributed by atoms with Crippen molar-refractivity contribution in [2.24, 2.45) is 0 Å². The van der Waals surface area contributed by atoms with Gasteiger partial charge in [-0.3, -0.25) is 9.59 Å². The van der Waals surface area contributed by atoms with Gasteiger partial charge < -0.3 is 0 Å². The Kier molecular flexibility index (Phi) is 1.48. The predicted octanol–water partition coefficient (Wildman–Crippen LogP) is -0.730. The summed E-state index contributed by atoms with van der Waals surface area (Å²) in [5.74, 6) is -0.273. The van der Waals surface area contributed by atoms with Gasteiger partial charge in [-0.25, -0.2) is 10.4 Å². The first-order valence-corrected chi connectivity index (χ1v) is 2.79. The second-order valence-electron chi connectivity index (χ2n) is 1.85. The molecule has 4 heteroatoms. The number of carbonyl (C=O) groups excluding carboxylic acids is 2. The summed E-state index contributed by atoms with van der Waals surface area (Å²) in [4.78, 5) is 21.3. The van der Waals surface area contributed by atoms with Gasteiger partial charge >= 0.3 is 0 Å². The first-order valence-electron chi connectivity index (χ1n) is 2.79. The second-order valence-corrected chi connectivity index (χ2v) is 1.85. The number of hydrazine groups is 1. The molecular formula is C5H8N2O2. The Bertz CT molecular complexity index is 139. The number of hydrogen-bond acceptors (Lipinski definition) is 3. The molecule has 0 radical (unpaired) electrons. The van der Waals surface area contributed by atoms with Gasteiger partial charge in [0.2, 0.25) is 11.8 Å². The molecular weight excluding hydrogens is 120 g/mol. The monoisotopic (exact) mass is 128 g/mol. The van der Waals surface area contributed by atoms with Crippen molar-refractivity contribution in [3.63, 3.8) is 0 Å². The molecule has 1 heterocycles. The Labute approximate surface area is 52.8 Å². The fourth-order valence-electron chi connectivity index (χ4n) is 0.826. The van der Waals surface area contributed by atoms with Crippen molar-refractivity contribution >= 4 is 11.8 Å². The molecule has 0 aromatic rings. The first kappa shape index (κ1) is 6.22. The van der Waals surface area contributed by atoms with Crippen LogP contribution >= 0.6 is 0 Å². The van der Waals surface area contributed by atoms with Gasteiger partial charge in [-0.05, 0) is 0 Å². The molecule has 4 nitrogen and oxygen atoms in total. The largest absolute Gasteiger partial charge is 0.273 e. The van der Waals surface area contributed by atoms with Gasteiger partial charge in [-0.1, -0.05) is 0 Å². The summed E-state index contributed by atoms with van der Waals surface area (Å²) in [6.45, 7) is 0. The minimum atomic E-state index is -0.137. The standard InChI is InChI=1S/C5H8N2O2/c1-6-7-4(8)2-3-5(7)9/h6H,2-3H2,1H3. The summed E-state index contributed by atoms with van der Waals surface area (Å²) in [5, 5.41) is 1.04. The molecule has 2 amide bonds. The van der Waals surface area contributed by atoms with Crippen molar-refractivity contribution in [3.05, 3.63) is 0 Å². The van der Waals surface area contributed by atoms with Crippen LogP contribution in [-0.4, -0.2) is 23.9 Å². The second kappa shape index (κ2) is 2.14. The minimum absolute atomic E-state index is 0.137. The highest BCUT2D eigenvalue weighted by molar-refractivity contribution is 6.01. The number of nitrogens with zero attached hydrogens (tertiary/aromatic N) is 1. The summed E-state index contributed by atoms with van der Waals surface area (Å²) in [6.07, 6.45) is 0.694. The number of amides is 2. The molecule has 9 heavy (non-hydrogen) atoms. The SMILES string of the molecule is CNN1C(=O)CCC1=O. The molecule has 1 aliphatic rings. The van der Waals surface area contributed by atoms with E-state index in [0.717, 1.165) is 5.01 Å². The molecule has 1 saturated heterocycles. The van der Waals surface area contributed by atoms with E-state index in [9.17, 15) is 9.59 Å². The molecule has 1 fully saturated rings. The number of rotatable bonds is 1. The van der Waals surface area contributed by atoms with Gasteiger partial charge in [0, 0.05) is 19.9 Å². The quantitative estimate of drug-likeness (QED) is 0.473. The van der Waals surface area contributed by atoms with Gasteiger partial charge in [-0.2, -0.15) is 0 Å². The predicted molar refractivity (Wildman–Crippen MR) is 30.1 cm³/mol. The van der Waals surface area contributed by atoms with Crippen LogP contribution in [0.15, 0.2) is 0 Å². The molecule has 0 unspecified atom stereocenters. The molecule has 0 bridgehead atoms. The molecule has 0 saturated carbocycles. The van der Waals surface area contributed by atoms with Crippen LogP contribution in [0.25, 0.3) is 0 Å². The maximum atomic E-state index is 10.7. The van der Waals surface area contributed by atoms with E-state index >= 15 is 0 Å². The van der Waals surface area contributed by atoms with Crippen molar-refractivity contribution < 1.29 is 9.59 Å². The average Bonchev–Trinajstić information content (AvgIpc) is 2.12. The zero-order chi connectivity index (χ0) is 6.85. The summed E-state index contributed by atoms with van der Waals surface area (Å²) in [7, 11) is 1.56. The summed E-state index contributed by atoms with van der Waals surface area (Å²) >= 11 is 0. The van der Waals surface area contributed by atoms with E-state index in [-0.39, 0.29) is 11.8 Å². The Morgan fingerprint density at radius 1 is 1.33 bits per heavy atom. The van der Waals surface area contributed by atoms with Crippen LogP contribution < -0.4 is 5.43 Å². The Morgan fingerprint density at radius 2 is 1.78 bits per heavy atom. The lowest BCUT2D eigenvalue weighted by atomic mass is 10.4. The normalized spacial score (nSPS) is 19.4. The molecule has 50 valence electrons. The van der Waals surface area contributed by atoms with Gasteiger partial charge in [0.15, 0.2) is 0 Å². The number of carbonyl (C=O) groups is 2. The van der Waals surface area contributed by atoms with Crippen molar-refractivity contribution in [1.82, 2.24) is 10.4 Å². The molecule has 1 aliphatic heterocycles. The van der Waals surface area contributed by atoms with Crippen LogP contribution in [0.2, 0.25) is 0 Å². The van der Waals surface area contributed by atoms with Crippen LogP contribution in [0.1, 0.15) is 12.8 Å². The molecule has 0 aromatic carbocycles. The third-order valence-electron chi connectivity index (χ3n) is 1.28. The highest BCUT2D eigenvalue weighted by Gasteiger charge is 2.27. The van der Waals surface area contributed by atoms with E-state index in [2.05, 4.69) is 5.43 Å². The molecule has 1 rings (SSSR count). The number of imide groups is 1. The zero-order valence-corrected chi connectivity index (χ0v) is 5.18. The summed E-state index contributed by atoms with van der Waals surface area (Å²) in [5.41, 5.74) is 2.50. The van der Waals surface area contributed by atoms with E-state index in [0.29, 0.717) is 12.8 Å². The lowest BCUT2D eigenvalue weighted by Gasteiger charge is -2.09. The van der Waals surface area contributed by atoms with Crippen molar-refractivity contribution in [1.29, 1.82) is 0 Å². The van der Waals surface area contributed by atoms with Gasteiger partial charge in [-0.15, -0.1) is 0 Å². The lowest BCUT2D eigenvalue weighted by Crippen LogP contribution is -2.39. The Hall–Kier alpha value is -0.900. The minimum Gasteiger partial charge on any atom is -0.273 e. The third kappa shape index (κ3) is 0.929. The van der Waals surface area contributed by atoms with Crippen LogP contribution in [0.5, 0.6) is 0 Å². The van der Waals surface area contributed by atoms with Gasteiger partial charge in [0.05, 0.1) is 0 Å². The van der Waals surface area contributed by atoms with Crippen LogP contribution in [0, 0.1) is 0 Å². The molecule has 0 aromatic heterocycles. The highest BCUT2D eigenvalue weighted by Crippen LogP contribution is 2.07. The van der Waals surface area contributed by atoms with Crippen LogP contribution in [-0.2, 0) is 9.59 Å². The van der Waals surface area contributed by atoms with E-state index in [1.165, 1.54) is 0 Å². The van der Waals surface area contributed by atoms with E-state index in [1.807, 2.05) is 0 Å². The molecule has 1 N–H and O–H groups in total. The fraction of sp³-hybridized carbons (Fsp3) is 0.600. The fourth-order valence-corrected chi connectivity index (χ4v) is 0.826. The Balaban J connectivity index is 2.66. The maximum absolute atomic E-state index is 10.7. The van der Waals surface area contributed by atoms with E-state index in [1.54, 1.807) is 7.05 Å². The average molecular weight is 128 g/mol. The van der Waals surface area contributed by atoms with Crippen LogP contribution in [0.3, 0.4) is 0 Å². The third-order valence-corrected chi connectivity index (χ3v) is 1.28. The smallest absolute Gasteiger partial charge is 0.244 e. The van der Waals surface area contributed by atoms with Crippen molar-refractivity contribution in [2.75, 3.05) is 7.05 Å². The molecule has 0 aliphatic carbocycles. The van der Waals surface area contributed by atoms with Gasteiger partial charge in [0.1, 0.15) is 0 Å². The lowest BCUT2D eigenvalue weighted by molar-refractivity contribution is -0.141. The van der Waals surface area contributed by atoms with E-state index < -0.39 is 0 Å². The first-order chi connectivity index (χ1) is 4.25. The molecule has 0 atom stereocenters. The Morgan fingerprint density at radius 3 is 2.00 bits per heavy atom. The topological polar surface area (TPSA) is 49.4 Å². The van der Waals surface area contributed by atoms with E-state index in [4.69, 9.17) is 0 Å². The summed E-state index contributed by atoms with van der Waals surface area (Å²) in [6, 6.07) is 0. The maximum Gasteiger partial charge on any atom is 0.244 e. The van der Waals surface area contributed by atoms with Crippen molar-refractivity contribution in [2.45, 2.75) is 12.8 Å². The molecule has 0 spiro atoms. The van der Waals surface area contributed by atoms with Crippen LogP contribution in [0.4, 0.5) is 0 Å². The summed E-state index contributed by atoms with van der Waals surface area (Å²) < 4.78 is 0. The number of hydrogen-bond donors (Lipinski definition) is 1. The number of nitrogens with one attached hydrogen (secondary N) is 1. The van der Waals surface area contributed by atoms with Crippen molar-refractivity contribution in [3.8, 4) is 0 Å². The zero-order valence-electron chi connectivity index (χ0n) is 5.18. The van der Waals surface area contributed by atoms with Gasteiger partial charge in [0.25, 0.3) is 0 Å². The highest BCUT2D eigenvalue weighted by atomic mass is 16.2.